The van der Waals surface area contributed by atoms with Gasteiger partial charge in [-0.3, -0.25) is 14.1 Å². The summed E-state index contributed by atoms with van der Waals surface area (Å²) in [6.07, 6.45) is 3.60. The van der Waals surface area contributed by atoms with Crippen LogP contribution in [0.2, 0.25) is 0 Å². The Morgan fingerprint density at radius 3 is 2.71 bits per heavy atom. The number of fused-ring (bicyclic) bond motifs is 2. The van der Waals surface area contributed by atoms with Crippen molar-refractivity contribution in [1.82, 2.24) is 9.47 Å². The Morgan fingerprint density at radius 2 is 2.06 bits per heavy atom. The Hall–Kier alpha value is -3.25. The standard InChI is InChI=1S/C23H30N4O7S/c1-14-10-15(13-26(14)2)24-21(28)7-5-9-34-20-12-17-16(11-19(20)33-3)23(29)27-8-4-6-18(27)22(25-17)35(30,31)32/h10-13,18,22,25H,4-9H2,1-3H3,(H,24,28)(H,30,31,32)/t18-,22?/m0/s1. The summed E-state index contributed by atoms with van der Waals surface area (Å²) in [5, 5.41) is 4.33. The number of methoxy groups -OCH3 is 1. The molecule has 2 aliphatic heterocycles. The van der Waals surface area contributed by atoms with Gasteiger partial charge >= 0.3 is 0 Å². The van der Waals surface area contributed by atoms with E-state index in [1.54, 1.807) is 0 Å². The molecule has 35 heavy (non-hydrogen) atoms. The minimum Gasteiger partial charge on any atom is -0.493 e. The Balaban J connectivity index is 1.46. The molecule has 1 aromatic carbocycles. The Labute approximate surface area is 204 Å². The van der Waals surface area contributed by atoms with Crippen molar-refractivity contribution < 1.29 is 32.0 Å². The maximum atomic E-state index is 13.1. The van der Waals surface area contributed by atoms with E-state index < -0.39 is 21.5 Å². The Bertz CT molecular complexity index is 1220. The smallest absolute Gasteiger partial charge is 0.288 e. The van der Waals surface area contributed by atoms with Gasteiger partial charge in [0.05, 0.1) is 36.7 Å². The van der Waals surface area contributed by atoms with Crippen LogP contribution in [0.25, 0.3) is 0 Å². The van der Waals surface area contributed by atoms with Gasteiger partial charge in [-0.05, 0) is 38.3 Å². The van der Waals surface area contributed by atoms with Gasteiger partial charge in [0.25, 0.3) is 16.0 Å². The van der Waals surface area contributed by atoms with Crippen LogP contribution in [0.4, 0.5) is 11.4 Å². The lowest BCUT2D eigenvalue weighted by Crippen LogP contribution is -2.47. The molecule has 1 fully saturated rings. The predicted molar refractivity (Wildman–Crippen MR) is 130 cm³/mol. The van der Waals surface area contributed by atoms with Gasteiger partial charge in [0, 0.05) is 38.0 Å². The first-order valence-corrected chi connectivity index (χ1v) is 12.9. The van der Waals surface area contributed by atoms with Crippen LogP contribution >= 0.6 is 0 Å². The molecule has 0 bridgehead atoms. The van der Waals surface area contributed by atoms with Crippen LogP contribution in [0.1, 0.15) is 41.7 Å². The third-order valence-corrected chi connectivity index (χ3v) is 7.48. The molecule has 2 aliphatic rings. The van der Waals surface area contributed by atoms with E-state index in [-0.39, 0.29) is 36.1 Å². The number of aryl methyl sites for hydroxylation is 2. The summed E-state index contributed by atoms with van der Waals surface area (Å²) in [5.41, 5.74) is 2.24. The highest BCUT2D eigenvalue weighted by Gasteiger charge is 2.44. The van der Waals surface area contributed by atoms with Crippen LogP contribution in [0.3, 0.4) is 0 Å². The third kappa shape index (κ3) is 5.22. The number of nitrogens with one attached hydrogen (secondary N) is 2. The number of hydrogen-bond donors (Lipinski definition) is 3. The first kappa shape index (κ1) is 24.9. The average Bonchev–Trinajstić information content (AvgIpc) is 3.36. The molecular weight excluding hydrogens is 476 g/mol. The minimum atomic E-state index is -4.48. The predicted octanol–water partition coefficient (Wildman–Crippen LogP) is 2.38. The molecule has 0 saturated carbocycles. The van der Waals surface area contributed by atoms with Gasteiger partial charge in [-0.1, -0.05) is 0 Å². The lowest BCUT2D eigenvalue weighted by molar-refractivity contribution is -0.116. The molecular formula is C23H30N4O7S. The van der Waals surface area contributed by atoms with Gasteiger partial charge in [-0.25, -0.2) is 0 Å². The molecule has 3 N–H and O–H groups in total. The molecule has 2 aromatic rings. The van der Waals surface area contributed by atoms with E-state index in [2.05, 4.69) is 10.6 Å². The number of anilines is 2. The van der Waals surface area contributed by atoms with E-state index in [4.69, 9.17) is 9.47 Å². The van der Waals surface area contributed by atoms with E-state index in [1.165, 1.54) is 24.1 Å². The molecule has 12 heteroatoms. The van der Waals surface area contributed by atoms with Gasteiger partial charge < -0.3 is 29.6 Å². The summed E-state index contributed by atoms with van der Waals surface area (Å²) in [5.74, 6) is 0.127. The molecule has 3 heterocycles. The highest BCUT2D eigenvalue weighted by Crippen LogP contribution is 2.39. The molecule has 1 saturated heterocycles. The quantitative estimate of drug-likeness (QED) is 0.366. The molecule has 0 aliphatic carbocycles. The molecule has 11 nitrogen and oxygen atoms in total. The van der Waals surface area contributed by atoms with Gasteiger partial charge in [0.2, 0.25) is 5.91 Å². The van der Waals surface area contributed by atoms with Crippen molar-refractivity contribution in [2.75, 3.05) is 30.9 Å². The van der Waals surface area contributed by atoms with Gasteiger partial charge in [0.15, 0.2) is 16.9 Å². The van der Waals surface area contributed by atoms with Gasteiger partial charge in [0.1, 0.15) is 0 Å². The Morgan fingerprint density at radius 1 is 1.29 bits per heavy atom. The molecule has 0 spiro atoms. The van der Waals surface area contributed by atoms with Crippen molar-refractivity contribution in [1.29, 1.82) is 0 Å². The number of carbonyl (C=O) groups excluding carboxylic acids is 2. The number of carbonyl (C=O) groups is 2. The van der Waals surface area contributed by atoms with Crippen LogP contribution in [0.15, 0.2) is 24.4 Å². The second kappa shape index (κ2) is 9.78. The summed E-state index contributed by atoms with van der Waals surface area (Å²) < 4.78 is 47.1. The number of nitrogens with zero attached hydrogens (tertiary/aromatic N) is 2. The highest BCUT2D eigenvalue weighted by atomic mass is 32.2. The zero-order chi connectivity index (χ0) is 25.3. The van der Waals surface area contributed by atoms with Crippen molar-refractivity contribution >= 4 is 33.3 Å². The lowest BCUT2D eigenvalue weighted by Gasteiger charge is -2.27. The largest absolute Gasteiger partial charge is 0.493 e. The number of amides is 2. The van der Waals surface area contributed by atoms with Crippen molar-refractivity contribution in [2.45, 2.75) is 44.0 Å². The molecule has 2 amide bonds. The Kier molecular flexibility index (Phi) is 6.95. The van der Waals surface area contributed by atoms with E-state index >= 15 is 0 Å². The number of ether oxygens (including phenoxy) is 2. The zero-order valence-electron chi connectivity index (χ0n) is 19.9. The van der Waals surface area contributed by atoms with E-state index in [9.17, 15) is 22.6 Å². The summed E-state index contributed by atoms with van der Waals surface area (Å²) in [4.78, 5) is 26.8. The van der Waals surface area contributed by atoms with Crippen LogP contribution in [-0.4, -0.2) is 65.9 Å². The number of hydrogen-bond acceptors (Lipinski definition) is 7. The zero-order valence-corrected chi connectivity index (χ0v) is 20.7. The van der Waals surface area contributed by atoms with Crippen LogP contribution in [0, 0.1) is 6.92 Å². The third-order valence-electron chi connectivity index (χ3n) is 6.41. The maximum absolute atomic E-state index is 13.1. The summed E-state index contributed by atoms with van der Waals surface area (Å²) >= 11 is 0. The summed E-state index contributed by atoms with van der Waals surface area (Å²) in [6, 6.07) is 4.21. The molecule has 190 valence electrons. The van der Waals surface area contributed by atoms with Crippen LogP contribution in [0.5, 0.6) is 11.5 Å². The minimum absolute atomic E-state index is 0.142. The van der Waals surface area contributed by atoms with E-state index in [0.717, 1.165) is 11.4 Å². The van der Waals surface area contributed by atoms with Crippen molar-refractivity contribution in [3.8, 4) is 11.5 Å². The first-order chi connectivity index (χ1) is 16.6. The number of rotatable bonds is 8. The normalized spacial score (nSPS) is 19.4. The van der Waals surface area contributed by atoms with Crippen LogP contribution in [-0.2, 0) is 22.0 Å². The lowest BCUT2D eigenvalue weighted by atomic mass is 10.1. The van der Waals surface area contributed by atoms with Crippen LogP contribution < -0.4 is 20.1 Å². The fourth-order valence-electron chi connectivity index (χ4n) is 4.55. The first-order valence-electron chi connectivity index (χ1n) is 11.4. The molecule has 4 rings (SSSR count). The van der Waals surface area contributed by atoms with E-state index in [0.29, 0.717) is 37.3 Å². The summed E-state index contributed by atoms with van der Waals surface area (Å²) in [7, 11) is -1.14. The van der Waals surface area contributed by atoms with Crippen molar-refractivity contribution in [3.63, 3.8) is 0 Å². The SMILES string of the molecule is COc1cc2c(cc1OCCCC(=O)Nc1cc(C)n(C)c1)NC(S(=O)(=O)O)[C@@H]1CCCN1C2=O. The fourth-order valence-corrected chi connectivity index (χ4v) is 5.50. The molecule has 1 aromatic heterocycles. The maximum Gasteiger partial charge on any atom is 0.288 e. The fraction of sp³-hybridized carbons (Fsp3) is 0.478. The molecule has 0 radical (unpaired) electrons. The average molecular weight is 507 g/mol. The van der Waals surface area contributed by atoms with Crippen molar-refractivity contribution in [3.05, 3.63) is 35.7 Å². The second-order valence-corrected chi connectivity index (χ2v) is 10.4. The van der Waals surface area contributed by atoms with Gasteiger partial charge in [-0.15, -0.1) is 0 Å². The topological polar surface area (TPSA) is 139 Å². The van der Waals surface area contributed by atoms with Crippen molar-refractivity contribution in [2.24, 2.45) is 7.05 Å². The summed E-state index contributed by atoms with van der Waals surface area (Å²) in [6.45, 7) is 2.55. The monoisotopic (exact) mass is 506 g/mol. The number of aromatic nitrogens is 1. The number of benzene rings is 1. The molecule has 1 unspecified atom stereocenters. The highest BCUT2D eigenvalue weighted by molar-refractivity contribution is 7.86. The molecule has 2 atom stereocenters. The van der Waals surface area contributed by atoms with Gasteiger partial charge in [-0.2, -0.15) is 8.42 Å². The second-order valence-electron chi connectivity index (χ2n) is 8.82. The van der Waals surface area contributed by atoms with E-state index in [1.807, 2.05) is 30.8 Å².